The number of amides is 2. The molecule has 1 atom stereocenters. The van der Waals surface area contributed by atoms with Gasteiger partial charge in [-0.05, 0) is 50.8 Å². The number of nitrogens with zero attached hydrogens (tertiary/aromatic N) is 1. The Kier molecular flexibility index (Phi) is 7.93. The van der Waals surface area contributed by atoms with Gasteiger partial charge in [0, 0.05) is 18.1 Å². The predicted molar refractivity (Wildman–Crippen MR) is 103 cm³/mol. The van der Waals surface area contributed by atoms with Gasteiger partial charge in [0.2, 0.25) is 5.91 Å². The number of ether oxygens (including phenoxy) is 1. The summed E-state index contributed by atoms with van der Waals surface area (Å²) in [6, 6.07) is 7.18. The van der Waals surface area contributed by atoms with E-state index in [1.807, 2.05) is 58.9 Å². The van der Waals surface area contributed by atoms with Crippen LogP contribution in [0, 0.1) is 5.92 Å². The molecule has 1 N–H and O–H groups in total. The third-order valence-corrected chi connectivity index (χ3v) is 4.05. The van der Waals surface area contributed by atoms with Crippen molar-refractivity contribution in [1.82, 2.24) is 10.2 Å². The fraction of sp³-hybridized carbons (Fsp3) is 0.579. The Hall–Kier alpha value is -1.56. The molecule has 0 aromatic heterocycles. The minimum Gasteiger partial charge on any atom is -0.444 e. The average Bonchev–Trinajstić information content (AvgIpc) is 2.49. The zero-order chi connectivity index (χ0) is 19.2. The van der Waals surface area contributed by atoms with Crippen LogP contribution in [0.2, 0.25) is 0 Å². The summed E-state index contributed by atoms with van der Waals surface area (Å²) < 4.78 is 6.38. The second-order valence-electron chi connectivity index (χ2n) is 7.58. The van der Waals surface area contributed by atoms with Crippen molar-refractivity contribution < 1.29 is 14.3 Å². The molecular formula is C19H29BrN2O3. The van der Waals surface area contributed by atoms with Crippen LogP contribution in [0.5, 0.6) is 0 Å². The van der Waals surface area contributed by atoms with Crippen LogP contribution < -0.4 is 5.32 Å². The summed E-state index contributed by atoms with van der Waals surface area (Å²) in [5, 5.41) is 2.92. The molecule has 0 bridgehead atoms. The molecule has 0 saturated heterocycles. The van der Waals surface area contributed by atoms with E-state index >= 15 is 0 Å². The largest absolute Gasteiger partial charge is 0.444 e. The van der Waals surface area contributed by atoms with Crippen LogP contribution in [0.1, 0.15) is 46.6 Å². The zero-order valence-corrected chi connectivity index (χ0v) is 17.5. The van der Waals surface area contributed by atoms with Gasteiger partial charge in [-0.25, -0.2) is 4.79 Å². The molecule has 140 valence electrons. The first-order chi connectivity index (χ1) is 11.5. The molecule has 6 heteroatoms. The van der Waals surface area contributed by atoms with Crippen molar-refractivity contribution in [3.63, 3.8) is 0 Å². The minimum atomic E-state index is -0.596. The quantitative estimate of drug-likeness (QED) is 0.755. The maximum Gasteiger partial charge on any atom is 0.410 e. The third kappa shape index (κ3) is 7.90. The van der Waals surface area contributed by atoms with E-state index in [1.54, 1.807) is 7.05 Å². The average molecular weight is 413 g/mol. The van der Waals surface area contributed by atoms with Gasteiger partial charge in [-0.3, -0.25) is 9.69 Å². The predicted octanol–water partition coefficient (Wildman–Crippen LogP) is 4.35. The summed E-state index contributed by atoms with van der Waals surface area (Å²) in [6.07, 6.45) is 0.0824. The first-order valence-electron chi connectivity index (χ1n) is 8.47. The SMILES string of the molecule is CC(C)CC(C(=O)NCc1ccc(Br)cc1)N(C)C(=O)OC(C)(C)C. The first-order valence-corrected chi connectivity index (χ1v) is 9.27. The van der Waals surface area contributed by atoms with E-state index < -0.39 is 17.7 Å². The number of nitrogens with one attached hydrogen (secondary N) is 1. The van der Waals surface area contributed by atoms with Crippen molar-refractivity contribution in [2.45, 2.75) is 59.2 Å². The molecule has 5 nitrogen and oxygen atoms in total. The van der Waals surface area contributed by atoms with E-state index in [1.165, 1.54) is 4.90 Å². The van der Waals surface area contributed by atoms with Gasteiger partial charge in [0.1, 0.15) is 11.6 Å². The van der Waals surface area contributed by atoms with Gasteiger partial charge >= 0.3 is 6.09 Å². The number of benzene rings is 1. The Labute approximate surface area is 159 Å². The van der Waals surface area contributed by atoms with Crippen LogP contribution in [0.3, 0.4) is 0 Å². The van der Waals surface area contributed by atoms with Crippen molar-refractivity contribution in [2.75, 3.05) is 7.05 Å². The highest BCUT2D eigenvalue weighted by atomic mass is 79.9. The standard InChI is InChI=1S/C19H29BrN2O3/c1-13(2)11-16(22(6)18(24)25-19(3,4)5)17(23)21-12-14-7-9-15(20)10-8-14/h7-10,13,16H,11-12H2,1-6H3,(H,21,23). The molecule has 1 aromatic rings. The van der Waals surface area contributed by atoms with Crippen LogP contribution in [0.15, 0.2) is 28.7 Å². The van der Waals surface area contributed by atoms with Crippen LogP contribution in [-0.2, 0) is 16.1 Å². The van der Waals surface area contributed by atoms with Crippen molar-refractivity contribution in [2.24, 2.45) is 5.92 Å². The molecule has 0 heterocycles. The first kappa shape index (κ1) is 21.5. The second-order valence-corrected chi connectivity index (χ2v) is 8.50. The normalized spacial score (nSPS) is 12.6. The fourth-order valence-electron chi connectivity index (χ4n) is 2.26. The van der Waals surface area contributed by atoms with E-state index in [-0.39, 0.29) is 11.8 Å². The molecule has 0 aliphatic rings. The van der Waals surface area contributed by atoms with Crippen LogP contribution in [-0.4, -0.2) is 35.6 Å². The Balaban J connectivity index is 2.77. The van der Waals surface area contributed by atoms with Crippen molar-refractivity contribution in [3.05, 3.63) is 34.3 Å². The summed E-state index contributed by atoms with van der Waals surface area (Å²) in [5.41, 5.74) is 0.404. The lowest BCUT2D eigenvalue weighted by Gasteiger charge is -2.31. The van der Waals surface area contributed by atoms with E-state index in [0.717, 1.165) is 10.0 Å². The lowest BCUT2D eigenvalue weighted by atomic mass is 10.0. The minimum absolute atomic E-state index is 0.176. The third-order valence-electron chi connectivity index (χ3n) is 3.53. The molecule has 2 amide bonds. The number of hydrogen-bond donors (Lipinski definition) is 1. The molecule has 1 unspecified atom stereocenters. The molecule has 0 saturated carbocycles. The summed E-state index contributed by atoms with van der Waals surface area (Å²) in [6.45, 7) is 9.90. The monoisotopic (exact) mass is 412 g/mol. The highest BCUT2D eigenvalue weighted by Crippen LogP contribution is 2.16. The van der Waals surface area contributed by atoms with Gasteiger partial charge in [-0.15, -0.1) is 0 Å². The van der Waals surface area contributed by atoms with Crippen molar-refractivity contribution >= 4 is 27.9 Å². The number of halogens is 1. The topological polar surface area (TPSA) is 58.6 Å². The van der Waals surface area contributed by atoms with E-state index in [4.69, 9.17) is 4.74 Å². The maximum atomic E-state index is 12.7. The Morgan fingerprint density at radius 3 is 2.24 bits per heavy atom. The molecule has 1 rings (SSSR count). The maximum absolute atomic E-state index is 12.7. The van der Waals surface area contributed by atoms with Gasteiger partial charge in [0.25, 0.3) is 0 Å². The van der Waals surface area contributed by atoms with Gasteiger partial charge < -0.3 is 10.1 Å². The van der Waals surface area contributed by atoms with E-state index in [9.17, 15) is 9.59 Å². The van der Waals surface area contributed by atoms with E-state index in [2.05, 4.69) is 21.2 Å². The summed E-state index contributed by atoms with van der Waals surface area (Å²) in [7, 11) is 1.61. The number of rotatable bonds is 6. The van der Waals surface area contributed by atoms with Gasteiger partial charge in [-0.1, -0.05) is 41.9 Å². The Bertz CT molecular complexity index is 579. The van der Waals surface area contributed by atoms with Crippen LogP contribution in [0.25, 0.3) is 0 Å². The smallest absolute Gasteiger partial charge is 0.410 e. The number of carbonyl (C=O) groups is 2. The molecule has 0 aliphatic carbocycles. The lowest BCUT2D eigenvalue weighted by Crippen LogP contribution is -2.49. The molecule has 0 spiro atoms. The Morgan fingerprint density at radius 1 is 1.20 bits per heavy atom. The lowest BCUT2D eigenvalue weighted by molar-refractivity contribution is -0.126. The molecule has 0 radical (unpaired) electrons. The van der Waals surface area contributed by atoms with Crippen molar-refractivity contribution in [3.8, 4) is 0 Å². The van der Waals surface area contributed by atoms with Gasteiger partial charge in [0.05, 0.1) is 0 Å². The molecule has 0 aliphatic heterocycles. The number of carbonyl (C=O) groups excluding carboxylic acids is 2. The fourth-order valence-corrected chi connectivity index (χ4v) is 2.52. The van der Waals surface area contributed by atoms with Crippen molar-refractivity contribution in [1.29, 1.82) is 0 Å². The van der Waals surface area contributed by atoms with E-state index in [0.29, 0.717) is 13.0 Å². The highest BCUT2D eigenvalue weighted by molar-refractivity contribution is 9.10. The van der Waals surface area contributed by atoms with Gasteiger partial charge in [-0.2, -0.15) is 0 Å². The second kappa shape index (κ2) is 9.22. The van der Waals surface area contributed by atoms with Crippen LogP contribution in [0.4, 0.5) is 4.79 Å². The summed E-state index contributed by atoms with van der Waals surface area (Å²) in [5.74, 6) is 0.0956. The molecule has 25 heavy (non-hydrogen) atoms. The molecular weight excluding hydrogens is 384 g/mol. The summed E-state index contributed by atoms with van der Waals surface area (Å²) in [4.78, 5) is 26.4. The zero-order valence-electron chi connectivity index (χ0n) is 15.9. The van der Waals surface area contributed by atoms with Crippen LogP contribution >= 0.6 is 15.9 Å². The number of hydrogen-bond acceptors (Lipinski definition) is 3. The molecule has 1 aromatic carbocycles. The highest BCUT2D eigenvalue weighted by Gasteiger charge is 2.30. The molecule has 0 fully saturated rings. The van der Waals surface area contributed by atoms with Gasteiger partial charge in [0.15, 0.2) is 0 Å². The number of likely N-dealkylation sites (N-methyl/N-ethyl adjacent to an activating group) is 1. The summed E-state index contributed by atoms with van der Waals surface area (Å²) >= 11 is 3.39. The Morgan fingerprint density at radius 2 is 1.76 bits per heavy atom.